The van der Waals surface area contributed by atoms with Gasteiger partial charge in [0.05, 0.1) is 6.10 Å². The average molecular weight is 358 g/mol. The van der Waals surface area contributed by atoms with Gasteiger partial charge in [-0.05, 0) is 63.0 Å². The number of allylic oxidation sites excluding steroid dienone is 2. The van der Waals surface area contributed by atoms with Crippen LogP contribution in [0.3, 0.4) is 0 Å². The Balaban J connectivity index is 1.58. The number of hydrogen-bond donors (Lipinski definition) is 2. The minimum absolute atomic E-state index is 0.0172. The molecular formula is C21H26O5. The highest BCUT2D eigenvalue weighted by molar-refractivity contribution is 6.01. The molecule has 1 spiro atoms. The summed E-state index contributed by atoms with van der Waals surface area (Å²) < 4.78 is 6.40. The minimum atomic E-state index is -1.46. The third-order valence-corrected chi connectivity index (χ3v) is 8.69. The Bertz CT molecular complexity index is 783. The molecule has 5 heteroatoms. The second kappa shape index (κ2) is 4.75. The van der Waals surface area contributed by atoms with Crippen molar-refractivity contribution in [3.8, 4) is 0 Å². The van der Waals surface area contributed by atoms with E-state index in [0.29, 0.717) is 12.8 Å². The highest BCUT2D eigenvalue weighted by Gasteiger charge is 2.81. The number of carbonyl (C=O) groups is 2. The number of ether oxygens (including phenoxy) is 1. The maximum Gasteiger partial charge on any atom is 0.190 e. The summed E-state index contributed by atoms with van der Waals surface area (Å²) in [6.45, 7) is 3.57. The number of ketones is 2. The van der Waals surface area contributed by atoms with Gasteiger partial charge in [0.15, 0.2) is 11.6 Å². The summed E-state index contributed by atoms with van der Waals surface area (Å²) in [5.41, 5.74) is -1.45. The van der Waals surface area contributed by atoms with Crippen molar-refractivity contribution in [2.45, 2.75) is 63.3 Å². The molecule has 140 valence electrons. The molecule has 4 aliphatic carbocycles. The summed E-state index contributed by atoms with van der Waals surface area (Å²) in [4.78, 5) is 24.3. The normalized spacial score (nSPS) is 53.9. The Morgan fingerprint density at radius 1 is 1.31 bits per heavy atom. The van der Waals surface area contributed by atoms with E-state index in [1.165, 1.54) is 0 Å². The Labute approximate surface area is 153 Å². The van der Waals surface area contributed by atoms with Crippen molar-refractivity contribution in [2.24, 2.45) is 22.7 Å². The van der Waals surface area contributed by atoms with Crippen LogP contribution in [-0.2, 0) is 14.3 Å². The highest BCUT2D eigenvalue weighted by Crippen LogP contribution is 2.75. The minimum Gasteiger partial charge on any atom is -0.388 e. The molecule has 0 radical (unpaired) electrons. The van der Waals surface area contributed by atoms with Crippen LogP contribution in [-0.4, -0.2) is 45.7 Å². The van der Waals surface area contributed by atoms with Crippen LogP contribution < -0.4 is 0 Å². The quantitative estimate of drug-likeness (QED) is 0.734. The van der Waals surface area contributed by atoms with Gasteiger partial charge in [0.2, 0.25) is 0 Å². The molecule has 7 atom stereocenters. The van der Waals surface area contributed by atoms with Crippen LogP contribution in [0, 0.1) is 22.7 Å². The molecule has 3 saturated carbocycles. The molecule has 1 heterocycles. The van der Waals surface area contributed by atoms with Crippen molar-refractivity contribution in [1.82, 2.24) is 0 Å². The smallest absolute Gasteiger partial charge is 0.190 e. The third-order valence-electron chi connectivity index (χ3n) is 8.69. The number of rotatable bonds is 2. The Hall–Kier alpha value is -1.30. The van der Waals surface area contributed by atoms with Crippen molar-refractivity contribution in [2.75, 3.05) is 6.61 Å². The molecular weight excluding hydrogens is 332 g/mol. The van der Waals surface area contributed by atoms with Gasteiger partial charge in [-0.15, -0.1) is 0 Å². The molecule has 5 aliphatic rings. The Morgan fingerprint density at radius 2 is 2.08 bits per heavy atom. The standard InChI is InChI=1S/C21H26O5/c1-18-7-5-13(23)9-12(18)3-4-15-14-6-8-20(25,16(24)11-22)19(14,2)10-17-21(15,18)26-17/h5,7,9,14-15,17,22,25H,3-4,6,8,10-11H2,1-2H3/t14-,15+,17+,18+,19-,20+,21-/m1/s1. The Kier molecular flexibility index (Phi) is 3.08. The van der Waals surface area contributed by atoms with Crippen LogP contribution in [0.1, 0.15) is 46.0 Å². The largest absolute Gasteiger partial charge is 0.388 e. The zero-order valence-corrected chi connectivity index (χ0v) is 15.3. The summed E-state index contributed by atoms with van der Waals surface area (Å²) in [6, 6.07) is 0. The van der Waals surface area contributed by atoms with Gasteiger partial charge in [-0.2, -0.15) is 0 Å². The first-order chi connectivity index (χ1) is 12.2. The molecule has 4 fully saturated rings. The molecule has 0 aromatic rings. The number of carbonyl (C=O) groups excluding carboxylic acids is 2. The molecule has 5 nitrogen and oxygen atoms in total. The van der Waals surface area contributed by atoms with E-state index in [-0.39, 0.29) is 34.7 Å². The molecule has 2 N–H and O–H groups in total. The molecule has 1 aliphatic heterocycles. The number of hydrogen-bond acceptors (Lipinski definition) is 5. The molecule has 5 rings (SSSR count). The second-order valence-electron chi connectivity index (χ2n) is 9.36. The lowest BCUT2D eigenvalue weighted by Crippen LogP contribution is -2.61. The first-order valence-electron chi connectivity index (χ1n) is 9.71. The van der Waals surface area contributed by atoms with Gasteiger partial charge in [0, 0.05) is 10.8 Å². The first-order valence-corrected chi connectivity index (χ1v) is 9.71. The van der Waals surface area contributed by atoms with Crippen molar-refractivity contribution in [1.29, 1.82) is 0 Å². The van der Waals surface area contributed by atoms with E-state index in [1.54, 1.807) is 12.2 Å². The summed E-state index contributed by atoms with van der Waals surface area (Å²) in [5, 5.41) is 20.6. The zero-order chi connectivity index (χ0) is 18.5. The van der Waals surface area contributed by atoms with Gasteiger partial charge in [-0.1, -0.05) is 18.6 Å². The van der Waals surface area contributed by atoms with Crippen LogP contribution >= 0.6 is 0 Å². The summed E-state index contributed by atoms with van der Waals surface area (Å²) >= 11 is 0. The predicted molar refractivity (Wildman–Crippen MR) is 93.2 cm³/mol. The molecule has 0 unspecified atom stereocenters. The van der Waals surface area contributed by atoms with Crippen LogP contribution in [0.15, 0.2) is 23.8 Å². The molecule has 1 saturated heterocycles. The van der Waals surface area contributed by atoms with E-state index >= 15 is 0 Å². The lowest BCUT2D eigenvalue weighted by Gasteiger charge is -2.55. The highest BCUT2D eigenvalue weighted by atomic mass is 16.6. The molecule has 0 amide bonds. The Morgan fingerprint density at radius 3 is 2.81 bits per heavy atom. The van der Waals surface area contributed by atoms with Crippen LogP contribution in [0.25, 0.3) is 0 Å². The maximum atomic E-state index is 12.4. The fraction of sp³-hybridized carbons (Fsp3) is 0.714. The van der Waals surface area contributed by atoms with Crippen LogP contribution in [0.4, 0.5) is 0 Å². The van der Waals surface area contributed by atoms with E-state index in [2.05, 4.69) is 6.92 Å². The number of fused-ring (bicyclic) bond motifs is 3. The van der Waals surface area contributed by atoms with E-state index < -0.39 is 23.4 Å². The first kappa shape index (κ1) is 16.8. The second-order valence-corrected chi connectivity index (χ2v) is 9.36. The van der Waals surface area contributed by atoms with Gasteiger partial charge in [-0.25, -0.2) is 0 Å². The van der Waals surface area contributed by atoms with Crippen molar-refractivity contribution in [3.63, 3.8) is 0 Å². The average Bonchev–Trinajstić information content (AvgIpc) is 3.27. The maximum absolute atomic E-state index is 12.4. The van der Waals surface area contributed by atoms with Gasteiger partial charge in [-0.3, -0.25) is 9.59 Å². The monoisotopic (exact) mass is 358 g/mol. The van der Waals surface area contributed by atoms with Gasteiger partial charge >= 0.3 is 0 Å². The zero-order valence-electron chi connectivity index (χ0n) is 15.3. The van der Waals surface area contributed by atoms with E-state index in [9.17, 15) is 19.8 Å². The predicted octanol–water partition coefficient (Wildman–Crippen LogP) is 1.72. The van der Waals surface area contributed by atoms with Crippen molar-refractivity contribution in [3.05, 3.63) is 23.8 Å². The molecule has 26 heavy (non-hydrogen) atoms. The summed E-state index contributed by atoms with van der Waals surface area (Å²) in [5.74, 6) is 0.0355. The van der Waals surface area contributed by atoms with E-state index in [4.69, 9.17) is 4.74 Å². The van der Waals surface area contributed by atoms with Crippen molar-refractivity contribution >= 4 is 11.6 Å². The number of aliphatic hydroxyl groups is 2. The van der Waals surface area contributed by atoms with Gasteiger partial charge in [0.1, 0.15) is 17.8 Å². The summed E-state index contributed by atoms with van der Waals surface area (Å²) in [6.07, 6.45) is 9.04. The molecule has 0 bridgehead atoms. The number of epoxide rings is 1. The fourth-order valence-corrected chi connectivity index (χ4v) is 7.24. The lowest BCUT2D eigenvalue weighted by atomic mass is 9.47. The van der Waals surface area contributed by atoms with Gasteiger partial charge in [0.25, 0.3) is 0 Å². The lowest BCUT2D eigenvalue weighted by molar-refractivity contribution is -0.159. The van der Waals surface area contributed by atoms with Crippen molar-refractivity contribution < 1.29 is 24.5 Å². The topological polar surface area (TPSA) is 87.1 Å². The van der Waals surface area contributed by atoms with Crippen LogP contribution in [0.2, 0.25) is 0 Å². The molecule has 0 aromatic carbocycles. The molecule has 0 aromatic heterocycles. The fourth-order valence-electron chi connectivity index (χ4n) is 7.24. The van der Waals surface area contributed by atoms with E-state index in [1.807, 2.05) is 13.0 Å². The van der Waals surface area contributed by atoms with E-state index in [0.717, 1.165) is 24.8 Å². The number of aliphatic hydroxyl groups excluding tert-OH is 1. The number of Topliss-reactive ketones (excluding diaryl/α,β-unsaturated/α-hetero) is 1. The van der Waals surface area contributed by atoms with Crippen LogP contribution in [0.5, 0.6) is 0 Å². The van der Waals surface area contributed by atoms with Gasteiger partial charge < -0.3 is 14.9 Å². The third kappa shape index (κ3) is 1.60. The SMILES string of the molecule is C[C@]12C=CC(=O)C=C1CC[C@H]1[C@H]3CC[C@](O)(C(=O)CO)[C@]3(C)C[C@@H]3O[C@@]312. The summed E-state index contributed by atoms with van der Waals surface area (Å²) in [7, 11) is 0.